The number of amides is 1. The van der Waals surface area contributed by atoms with E-state index in [2.05, 4.69) is 11.1 Å². The number of nitrogens with zero attached hydrogens (tertiary/aromatic N) is 3. The largest absolute Gasteiger partial charge is 0.337 e. The Hall–Kier alpha value is -1.93. The topological polar surface area (TPSA) is 83.0 Å². The maximum absolute atomic E-state index is 12.7. The average molecular weight is 286 g/mol. The van der Waals surface area contributed by atoms with Gasteiger partial charge in [0.15, 0.2) is 0 Å². The number of hydrogen-bond donors (Lipinski definition) is 1. The zero-order valence-corrected chi connectivity index (χ0v) is 12.2. The van der Waals surface area contributed by atoms with Crippen molar-refractivity contribution >= 4 is 5.91 Å². The van der Waals surface area contributed by atoms with E-state index in [1.807, 2.05) is 12.1 Å². The summed E-state index contributed by atoms with van der Waals surface area (Å²) in [6.07, 6.45) is 7.38. The second kappa shape index (κ2) is 7.75. The van der Waals surface area contributed by atoms with Gasteiger partial charge in [-0.2, -0.15) is 5.26 Å². The Morgan fingerprint density at radius 1 is 1.43 bits per heavy atom. The molecule has 0 atom stereocenters. The number of carbonyl (C=O) groups is 1. The predicted molar refractivity (Wildman–Crippen MR) is 79.8 cm³/mol. The summed E-state index contributed by atoms with van der Waals surface area (Å²) >= 11 is 0. The minimum Gasteiger partial charge on any atom is -0.337 e. The molecule has 1 aliphatic carbocycles. The molecule has 2 rings (SSSR count). The SMILES string of the molecule is N#CCCN(Cc1cccnc1)C(=O)C1CCC(N)CC1. The van der Waals surface area contributed by atoms with Crippen molar-refractivity contribution in [3.63, 3.8) is 0 Å². The van der Waals surface area contributed by atoms with Crippen LogP contribution in [-0.4, -0.2) is 28.4 Å². The fourth-order valence-electron chi connectivity index (χ4n) is 2.79. The number of carbonyl (C=O) groups excluding carboxylic acids is 1. The number of nitriles is 1. The van der Waals surface area contributed by atoms with Crippen LogP contribution in [0.5, 0.6) is 0 Å². The number of rotatable bonds is 5. The van der Waals surface area contributed by atoms with Gasteiger partial charge in [-0.3, -0.25) is 9.78 Å². The van der Waals surface area contributed by atoms with E-state index in [-0.39, 0.29) is 17.9 Å². The van der Waals surface area contributed by atoms with Crippen LogP contribution < -0.4 is 5.73 Å². The van der Waals surface area contributed by atoms with Crippen molar-refractivity contribution in [2.75, 3.05) is 6.54 Å². The molecule has 0 radical (unpaired) electrons. The van der Waals surface area contributed by atoms with Crippen LogP contribution in [-0.2, 0) is 11.3 Å². The zero-order chi connectivity index (χ0) is 15.1. The predicted octanol–water partition coefficient (Wildman–Crippen LogP) is 1.84. The van der Waals surface area contributed by atoms with Crippen molar-refractivity contribution in [3.8, 4) is 6.07 Å². The summed E-state index contributed by atoms with van der Waals surface area (Å²) in [7, 11) is 0. The fraction of sp³-hybridized carbons (Fsp3) is 0.562. The molecule has 21 heavy (non-hydrogen) atoms. The Labute approximate surface area is 125 Å². The maximum Gasteiger partial charge on any atom is 0.226 e. The number of aromatic nitrogens is 1. The molecule has 1 amide bonds. The van der Waals surface area contributed by atoms with Crippen molar-refractivity contribution in [2.45, 2.75) is 44.7 Å². The van der Waals surface area contributed by atoms with Crippen molar-refractivity contribution in [1.29, 1.82) is 5.26 Å². The first-order valence-corrected chi connectivity index (χ1v) is 7.51. The lowest BCUT2D eigenvalue weighted by Gasteiger charge is -2.30. The number of pyridine rings is 1. The monoisotopic (exact) mass is 286 g/mol. The van der Waals surface area contributed by atoms with Gasteiger partial charge in [0.2, 0.25) is 5.91 Å². The number of hydrogen-bond acceptors (Lipinski definition) is 4. The molecule has 1 saturated carbocycles. The summed E-state index contributed by atoms with van der Waals surface area (Å²) in [4.78, 5) is 18.5. The highest BCUT2D eigenvalue weighted by molar-refractivity contribution is 5.79. The standard InChI is InChI=1S/C16H22N4O/c17-8-2-10-20(12-13-3-1-9-19-11-13)16(21)14-4-6-15(18)7-5-14/h1,3,9,11,14-15H,2,4-7,10,12,18H2. The third-order valence-electron chi connectivity index (χ3n) is 4.02. The van der Waals surface area contributed by atoms with Crippen molar-refractivity contribution in [2.24, 2.45) is 11.7 Å². The molecule has 1 aliphatic rings. The summed E-state index contributed by atoms with van der Waals surface area (Å²) in [5, 5.41) is 8.79. The molecule has 1 heterocycles. The maximum atomic E-state index is 12.7. The molecule has 1 fully saturated rings. The van der Waals surface area contributed by atoms with Crippen LogP contribution in [0.3, 0.4) is 0 Å². The Balaban J connectivity index is 2.01. The number of nitrogens with two attached hydrogens (primary N) is 1. The van der Waals surface area contributed by atoms with Gasteiger partial charge in [-0.05, 0) is 37.3 Å². The Morgan fingerprint density at radius 3 is 2.81 bits per heavy atom. The van der Waals surface area contributed by atoms with Crippen LogP contribution in [0.25, 0.3) is 0 Å². The van der Waals surface area contributed by atoms with Gasteiger partial charge >= 0.3 is 0 Å². The molecule has 0 unspecified atom stereocenters. The first kappa shape index (κ1) is 15.5. The second-order valence-electron chi connectivity index (χ2n) is 5.64. The molecule has 0 bridgehead atoms. The van der Waals surface area contributed by atoms with Crippen molar-refractivity contribution in [3.05, 3.63) is 30.1 Å². The van der Waals surface area contributed by atoms with E-state index in [0.717, 1.165) is 31.2 Å². The molecule has 0 spiro atoms. The van der Waals surface area contributed by atoms with Crippen molar-refractivity contribution in [1.82, 2.24) is 9.88 Å². The van der Waals surface area contributed by atoms with E-state index in [1.165, 1.54) is 0 Å². The zero-order valence-electron chi connectivity index (χ0n) is 12.2. The van der Waals surface area contributed by atoms with Gasteiger partial charge < -0.3 is 10.6 Å². The van der Waals surface area contributed by atoms with Gasteiger partial charge in [0.05, 0.1) is 12.5 Å². The minimum atomic E-state index is 0.0557. The van der Waals surface area contributed by atoms with Gasteiger partial charge in [-0.25, -0.2) is 0 Å². The lowest BCUT2D eigenvalue weighted by molar-refractivity contribution is -0.137. The normalized spacial score (nSPS) is 21.5. The van der Waals surface area contributed by atoms with E-state index in [1.54, 1.807) is 17.3 Å². The summed E-state index contributed by atoms with van der Waals surface area (Å²) in [5.74, 6) is 0.209. The quantitative estimate of drug-likeness (QED) is 0.895. The molecule has 0 aromatic carbocycles. The van der Waals surface area contributed by atoms with E-state index < -0.39 is 0 Å². The Bertz CT molecular complexity index is 489. The molecule has 1 aromatic rings. The van der Waals surface area contributed by atoms with Gasteiger partial charge in [0.25, 0.3) is 0 Å². The molecular weight excluding hydrogens is 264 g/mol. The summed E-state index contributed by atoms with van der Waals surface area (Å²) in [6.45, 7) is 1.00. The van der Waals surface area contributed by atoms with Gasteiger partial charge in [-0.1, -0.05) is 6.07 Å². The molecule has 112 valence electrons. The third kappa shape index (κ3) is 4.54. The van der Waals surface area contributed by atoms with E-state index in [9.17, 15) is 4.79 Å². The van der Waals surface area contributed by atoms with Gasteiger partial charge in [0, 0.05) is 37.4 Å². The lowest BCUT2D eigenvalue weighted by atomic mass is 9.85. The summed E-state index contributed by atoms with van der Waals surface area (Å²) in [5.41, 5.74) is 6.90. The highest BCUT2D eigenvalue weighted by Crippen LogP contribution is 2.25. The van der Waals surface area contributed by atoms with Crippen LogP contribution in [0.15, 0.2) is 24.5 Å². The molecular formula is C16H22N4O. The van der Waals surface area contributed by atoms with E-state index in [4.69, 9.17) is 11.0 Å². The van der Waals surface area contributed by atoms with E-state index >= 15 is 0 Å². The Morgan fingerprint density at radius 2 is 2.19 bits per heavy atom. The van der Waals surface area contributed by atoms with Crippen LogP contribution in [0.1, 0.15) is 37.7 Å². The molecule has 2 N–H and O–H groups in total. The second-order valence-corrected chi connectivity index (χ2v) is 5.64. The summed E-state index contributed by atoms with van der Waals surface area (Å²) < 4.78 is 0. The highest BCUT2D eigenvalue weighted by atomic mass is 16.2. The molecule has 1 aromatic heterocycles. The molecule has 5 nitrogen and oxygen atoms in total. The molecule has 0 saturated heterocycles. The first-order valence-electron chi connectivity index (χ1n) is 7.51. The van der Waals surface area contributed by atoms with Crippen LogP contribution >= 0.6 is 0 Å². The first-order chi connectivity index (χ1) is 10.2. The third-order valence-corrected chi connectivity index (χ3v) is 4.02. The fourth-order valence-corrected chi connectivity index (χ4v) is 2.79. The van der Waals surface area contributed by atoms with Gasteiger partial charge in [-0.15, -0.1) is 0 Å². The van der Waals surface area contributed by atoms with Crippen LogP contribution in [0.4, 0.5) is 0 Å². The highest BCUT2D eigenvalue weighted by Gasteiger charge is 2.28. The minimum absolute atomic E-state index is 0.0557. The average Bonchev–Trinajstić information content (AvgIpc) is 2.52. The van der Waals surface area contributed by atoms with Crippen molar-refractivity contribution < 1.29 is 4.79 Å². The lowest BCUT2D eigenvalue weighted by Crippen LogP contribution is -2.39. The molecule has 5 heteroatoms. The van der Waals surface area contributed by atoms with Gasteiger partial charge in [0.1, 0.15) is 0 Å². The van der Waals surface area contributed by atoms with E-state index in [0.29, 0.717) is 19.5 Å². The van der Waals surface area contributed by atoms with Crippen LogP contribution in [0.2, 0.25) is 0 Å². The van der Waals surface area contributed by atoms with Crippen LogP contribution in [0, 0.1) is 17.2 Å². The Kier molecular flexibility index (Phi) is 5.70. The smallest absolute Gasteiger partial charge is 0.226 e. The summed E-state index contributed by atoms with van der Waals surface area (Å²) in [6, 6.07) is 6.17. The molecule has 0 aliphatic heterocycles.